The van der Waals surface area contributed by atoms with Gasteiger partial charge in [0.1, 0.15) is 11.6 Å². The zero-order valence-corrected chi connectivity index (χ0v) is 22.4. The number of aliphatic hydroxyl groups is 1. The van der Waals surface area contributed by atoms with Crippen LogP contribution < -0.4 is 10.0 Å². The molecule has 1 aromatic heterocycles. The number of rotatable bonds is 6. The molecule has 3 aromatic rings. The lowest BCUT2D eigenvalue weighted by atomic mass is 9.46. The van der Waals surface area contributed by atoms with E-state index in [0.717, 1.165) is 54.8 Å². The molecule has 5 aliphatic rings. The fourth-order valence-electron chi connectivity index (χ4n) is 8.40. The van der Waals surface area contributed by atoms with Crippen LogP contribution in [-0.2, 0) is 10.0 Å². The molecule has 8 nitrogen and oxygen atoms in total. The van der Waals surface area contributed by atoms with Crippen LogP contribution >= 0.6 is 0 Å². The molecule has 4 bridgehead atoms. The van der Waals surface area contributed by atoms with E-state index in [1.807, 2.05) is 10.6 Å². The summed E-state index contributed by atoms with van der Waals surface area (Å²) < 4.78 is 57.5. The van der Waals surface area contributed by atoms with E-state index in [2.05, 4.69) is 15.0 Å². The van der Waals surface area contributed by atoms with Gasteiger partial charge in [0.2, 0.25) is 0 Å². The number of aliphatic hydroxyl groups excluding tert-OH is 1. The predicted molar refractivity (Wildman–Crippen MR) is 141 cm³/mol. The van der Waals surface area contributed by atoms with Crippen LogP contribution in [0.4, 0.5) is 13.6 Å². The molecule has 2 heterocycles. The number of imidazole rings is 1. The summed E-state index contributed by atoms with van der Waals surface area (Å²) in [6.07, 6.45) is 7.28. The van der Waals surface area contributed by atoms with Crippen molar-refractivity contribution in [1.29, 1.82) is 0 Å². The Balaban J connectivity index is 1.07. The Kier molecular flexibility index (Phi) is 5.84. The molecule has 4 unspecified atom stereocenters. The number of amides is 2. The second-order valence-corrected chi connectivity index (χ2v) is 13.7. The highest BCUT2D eigenvalue weighted by Gasteiger charge is 2.58. The number of sulfonamides is 1. The maximum Gasteiger partial charge on any atom is 0.328 e. The molecule has 0 radical (unpaired) electrons. The molecule has 4 fully saturated rings. The fraction of sp³-hybridized carbons (Fsp3) is 0.448. The molecule has 3 N–H and O–H groups in total. The largest absolute Gasteiger partial charge is 0.392 e. The first-order valence-corrected chi connectivity index (χ1v) is 15.2. The van der Waals surface area contributed by atoms with E-state index in [1.165, 1.54) is 6.07 Å². The third-order valence-corrected chi connectivity index (χ3v) is 11.1. The van der Waals surface area contributed by atoms with Crippen LogP contribution in [-0.4, -0.2) is 41.3 Å². The summed E-state index contributed by atoms with van der Waals surface area (Å²) in [5.74, 6) is -0.212. The lowest BCUT2D eigenvalue weighted by Gasteiger charge is -2.61. The highest BCUT2D eigenvalue weighted by atomic mass is 32.2. The molecular formula is C29H30F2N4O4S. The van der Waals surface area contributed by atoms with Crippen molar-refractivity contribution >= 4 is 16.1 Å². The van der Waals surface area contributed by atoms with Gasteiger partial charge in [-0.1, -0.05) is 12.1 Å². The average molecular weight is 569 g/mol. The van der Waals surface area contributed by atoms with Gasteiger partial charge >= 0.3 is 6.03 Å². The Morgan fingerprint density at radius 3 is 2.55 bits per heavy atom. The highest BCUT2D eigenvalue weighted by molar-refractivity contribution is 7.90. The monoisotopic (exact) mass is 568 g/mol. The molecule has 2 aromatic carbocycles. The molecule has 4 aliphatic carbocycles. The van der Waals surface area contributed by atoms with Crippen LogP contribution in [0.15, 0.2) is 59.9 Å². The molecule has 0 spiro atoms. The van der Waals surface area contributed by atoms with Crippen LogP contribution in [0.3, 0.4) is 0 Å². The van der Waals surface area contributed by atoms with Crippen LogP contribution in [0.2, 0.25) is 0 Å². The lowest BCUT2D eigenvalue weighted by molar-refractivity contribution is -0.135. The average Bonchev–Trinajstić information content (AvgIpc) is 3.49. The fourth-order valence-corrected chi connectivity index (χ4v) is 9.31. The number of fused-ring (bicyclic) bond motifs is 3. The first-order valence-electron chi connectivity index (χ1n) is 13.7. The minimum absolute atomic E-state index is 0.108. The van der Waals surface area contributed by atoms with E-state index >= 15 is 0 Å². The predicted octanol–water partition coefficient (Wildman–Crippen LogP) is 4.37. The number of halogens is 2. The van der Waals surface area contributed by atoms with E-state index in [-0.39, 0.29) is 40.0 Å². The molecule has 4 atom stereocenters. The van der Waals surface area contributed by atoms with E-state index in [1.54, 1.807) is 18.6 Å². The quantitative estimate of drug-likeness (QED) is 0.409. The van der Waals surface area contributed by atoms with Crippen molar-refractivity contribution in [3.05, 3.63) is 72.2 Å². The van der Waals surface area contributed by atoms with Gasteiger partial charge in [-0.05, 0) is 92.0 Å². The second kappa shape index (κ2) is 9.10. The Morgan fingerprint density at radius 2 is 1.82 bits per heavy atom. The minimum atomic E-state index is -4.15. The van der Waals surface area contributed by atoms with E-state index in [4.69, 9.17) is 0 Å². The summed E-state index contributed by atoms with van der Waals surface area (Å²) in [5, 5.41) is 14.7. The van der Waals surface area contributed by atoms with Gasteiger partial charge in [-0.3, -0.25) is 0 Å². The first kappa shape index (κ1) is 25.6. The molecule has 1 aliphatic heterocycles. The molecular weight excluding hydrogens is 538 g/mol. The summed E-state index contributed by atoms with van der Waals surface area (Å²) in [4.78, 5) is 16.9. The van der Waals surface area contributed by atoms with Crippen LogP contribution in [0.5, 0.6) is 0 Å². The summed E-state index contributed by atoms with van der Waals surface area (Å²) in [7, 11) is -4.15. The maximum atomic E-state index is 15.0. The highest BCUT2D eigenvalue weighted by Crippen LogP contribution is 2.62. The van der Waals surface area contributed by atoms with Crippen molar-refractivity contribution in [1.82, 2.24) is 19.6 Å². The van der Waals surface area contributed by atoms with Gasteiger partial charge in [-0.25, -0.2) is 31.7 Å². The van der Waals surface area contributed by atoms with Gasteiger partial charge in [0.05, 0.1) is 35.3 Å². The number of hydrogen-bond donors (Lipinski definition) is 3. The Hall–Kier alpha value is -3.31. The molecule has 8 rings (SSSR count). The summed E-state index contributed by atoms with van der Waals surface area (Å²) >= 11 is 0. The Labute approximate surface area is 230 Å². The number of nitrogens with zero attached hydrogens (tertiary/aromatic N) is 2. The Bertz CT molecular complexity index is 1580. The number of aromatic nitrogens is 2. The molecule has 40 heavy (non-hydrogen) atoms. The van der Waals surface area contributed by atoms with Gasteiger partial charge in [-0.2, -0.15) is 0 Å². The van der Waals surface area contributed by atoms with E-state index < -0.39 is 28.0 Å². The topological polar surface area (TPSA) is 113 Å². The van der Waals surface area contributed by atoms with E-state index in [0.29, 0.717) is 30.7 Å². The van der Waals surface area contributed by atoms with Gasteiger partial charge in [0, 0.05) is 17.2 Å². The number of urea groups is 1. The number of carbonyl (C=O) groups is 1. The minimum Gasteiger partial charge on any atom is -0.392 e. The standard InChI is InChI=1S/C29H30F2N4O4S/c30-19-4-6-20(7-5-19)40(38,39)34-28(37)33-27-17-8-16-9-18(27)13-29(11-16,12-17)25(36)10-23-26-21(2-1-3-22(26)31)24-14-32-15-35(23)24/h1-7,14-18,23,25,27,36H,8-13H2,(H2,33,34,37). The van der Waals surface area contributed by atoms with Crippen molar-refractivity contribution in [2.45, 2.75) is 61.6 Å². The van der Waals surface area contributed by atoms with E-state index in [9.17, 15) is 27.1 Å². The third kappa shape index (κ3) is 4.04. The normalized spacial score (nSPS) is 30.5. The number of benzene rings is 2. The molecule has 0 saturated heterocycles. The third-order valence-electron chi connectivity index (χ3n) is 9.79. The smallest absolute Gasteiger partial charge is 0.328 e. The van der Waals surface area contributed by atoms with Gasteiger partial charge in [0.25, 0.3) is 10.0 Å². The van der Waals surface area contributed by atoms with Gasteiger partial charge < -0.3 is 15.0 Å². The van der Waals surface area contributed by atoms with Crippen LogP contribution in [0, 0.1) is 34.8 Å². The first-order chi connectivity index (χ1) is 19.1. The Morgan fingerprint density at radius 1 is 1.10 bits per heavy atom. The van der Waals surface area contributed by atoms with Crippen molar-refractivity contribution in [2.24, 2.45) is 23.2 Å². The zero-order valence-electron chi connectivity index (χ0n) is 21.6. The lowest BCUT2D eigenvalue weighted by Crippen LogP contribution is -2.63. The van der Waals surface area contributed by atoms with Crippen LogP contribution in [0.25, 0.3) is 11.3 Å². The van der Waals surface area contributed by atoms with Gasteiger partial charge in [0.15, 0.2) is 0 Å². The number of hydrogen-bond acceptors (Lipinski definition) is 5. The number of carbonyl (C=O) groups excluding carboxylic acids is 1. The second-order valence-electron chi connectivity index (χ2n) is 12.0. The van der Waals surface area contributed by atoms with Crippen molar-refractivity contribution < 1.29 is 27.1 Å². The maximum absolute atomic E-state index is 15.0. The SMILES string of the molecule is O=C(NC1C2CC3CC1CC(C(O)CC1c4c(F)cccc4-c4cncn41)(C3)C2)NS(=O)(=O)c1ccc(F)cc1. The molecule has 11 heteroatoms. The van der Waals surface area contributed by atoms with Crippen molar-refractivity contribution in [2.75, 3.05) is 0 Å². The summed E-state index contributed by atoms with van der Waals surface area (Å²) in [6.45, 7) is 0. The van der Waals surface area contributed by atoms with Crippen molar-refractivity contribution in [3.8, 4) is 11.3 Å². The molecule has 4 saturated carbocycles. The van der Waals surface area contributed by atoms with Gasteiger partial charge in [-0.15, -0.1) is 0 Å². The molecule has 2 amide bonds. The summed E-state index contributed by atoms with van der Waals surface area (Å²) in [6, 6.07) is 7.97. The zero-order chi connectivity index (χ0) is 27.8. The van der Waals surface area contributed by atoms with Crippen molar-refractivity contribution in [3.63, 3.8) is 0 Å². The number of nitrogens with one attached hydrogen (secondary N) is 2. The molecule has 210 valence electrons. The van der Waals surface area contributed by atoms with Crippen LogP contribution in [0.1, 0.15) is 50.1 Å². The summed E-state index contributed by atoms with van der Waals surface area (Å²) in [5.41, 5.74) is 1.93.